The van der Waals surface area contributed by atoms with Crippen LogP contribution < -0.4 is 10.5 Å². The summed E-state index contributed by atoms with van der Waals surface area (Å²) in [5, 5.41) is 0. The van der Waals surface area contributed by atoms with E-state index in [1.807, 2.05) is 19.1 Å². The lowest BCUT2D eigenvalue weighted by Crippen LogP contribution is -2.08. The standard InChI is InChI=1S/C11H13Br2NO/c1-3-7(2)15-11-9(12)4-8(6-14)5-10(11)13/h3-5,7H,1,6,14H2,2H3. The van der Waals surface area contributed by atoms with Gasteiger partial charge in [0.15, 0.2) is 0 Å². The monoisotopic (exact) mass is 333 g/mol. The Hall–Kier alpha value is -0.320. The van der Waals surface area contributed by atoms with Gasteiger partial charge in [-0.2, -0.15) is 0 Å². The molecule has 0 radical (unpaired) electrons. The third kappa shape index (κ3) is 3.33. The molecule has 0 heterocycles. The highest BCUT2D eigenvalue weighted by Crippen LogP contribution is 2.35. The smallest absolute Gasteiger partial charge is 0.148 e. The Balaban J connectivity index is 3.02. The summed E-state index contributed by atoms with van der Waals surface area (Å²) in [6.45, 7) is 6.12. The third-order valence-corrected chi connectivity index (χ3v) is 3.11. The molecule has 0 aliphatic rings. The Morgan fingerprint density at radius 1 is 1.47 bits per heavy atom. The summed E-state index contributed by atoms with van der Waals surface area (Å²) in [5.74, 6) is 0.777. The van der Waals surface area contributed by atoms with E-state index in [9.17, 15) is 0 Å². The zero-order valence-corrected chi connectivity index (χ0v) is 11.6. The van der Waals surface area contributed by atoms with Crippen molar-refractivity contribution >= 4 is 31.9 Å². The second-order valence-electron chi connectivity index (χ2n) is 3.15. The van der Waals surface area contributed by atoms with Crippen LogP contribution in [-0.4, -0.2) is 6.10 Å². The average Bonchev–Trinajstić information content (AvgIpc) is 2.22. The highest BCUT2D eigenvalue weighted by atomic mass is 79.9. The minimum atomic E-state index is -0.0265. The van der Waals surface area contributed by atoms with E-state index in [0.29, 0.717) is 6.54 Å². The van der Waals surface area contributed by atoms with Crippen LogP contribution in [0.1, 0.15) is 12.5 Å². The third-order valence-electron chi connectivity index (χ3n) is 1.93. The molecule has 0 bridgehead atoms. The molecule has 0 fully saturated rings. The topological polar surface area (TPSA) is 35.2 Å². The molecule has 1 unspecified atom stereocenters. The van der Waals surface area contributed by atoms with Crippen LogP contribution in [0.3, 0.4) is 0 Å². The molecule has 1 rings (SSSR count). The summed E-state index contributed by atoms with van der Waals surface area (Å²) in [6, 6.07) is 3.91. The minimum Gasteiger partial charge on any atom is -0.484 e. The zero-order chi connectivity index (χ0) is 11.4. The fourth-order valence-electron chi connectivity index (χ4n) is 1.08. The molecule has 1 aromatic rings. The molecular weight excluding hydrogens is 322 g/mol. The van der Waals surface area contributed by atoms with E-state index in [-0.39, 0.29) is 6.10 Å². The second-order valence-corrected chi connectivity index (χ2v) is 4.86. The minimum absolute atomic E-state index is 0.0265. The first-order valence-electron chi connectivity index (χ1n) is 4.55. The first-order valence-corrected chi connectivity index (χ1v) is 6.14. The molecule has 4 heteroatoms. The number of rotatable bonds is 4. The van der Waals surface area contributed by atoms with Crippen molar-refractivity contribution in [2.24, 2.45) is 5.73 Å². The second kappa shape index (κ2) is 5.68. The van der Waals surface area contributed by atoms with E-state index in [1.54, 1.807) is 6.08 Å². The lowest BCUT2D eigenvalue weighted by atomic mass is 10.2. The molecule has 2 N–H and O–H groups in total. The number of halogens is 2. The van der Waals surface area contributed by atoms with Crippen LogP contribution in [0.25, 0.3) is 0 Å². The van der Waals surface area contributed by atoms with Crippen molar-refractivity contribution in [2.75, 3.05) is 0 Å². The zero-order valence-electron chi connectivity index (χ0n) is 8.47. The summed E-state index contributed by atoms with van der Waals surface area (Å²) in [4.78, 5) is 0. The van der Waals surface area contributed by atoms with Crippen LogP contribution in [0.5, 0.6) is 5.75 Å². The molecule has 1 aromatic carbocycles. The van der Waals surface area contributed by atoms with E-state index >= 15 is 0 Å². The fourth-order valence-corrected chi connectivity index (χ4v) is 2.55. The number of hydrogen-bond acceptors (Lipinski definition) is 2. The van der Waals surface area contributed by atoms with Crippen LogP contribution in [-0.2, 0) is 6.54 Å². The molecule has 0 aromatic heterocycles. The highest BCUT2D eigenvalue weighted by Gasteiger charge is 2.10. The van der Waals surface area contributed by atoms with Gasteiger partial charge in [-0.1, -0.05) is 12.7 Å². The van der Waals surface area contributed by atoms with Crippen molar-refractivity contribution < 1.29 is 4.74 Å². The van der Waals surface area contributed by atoms with Gasteiger partial charge in [0.25, 0.3) is 0 Å². The maximum absolute atomic E-state index is 5.67. The van der Waals surface area contributed by atoms with Crippen molar-refractivity contribution in [3.63, 3.8) is 0 Å². The molecule has 0 spiro atoms. The van der Waals surface area contributed by atoms with E-state index in [1.165, 1.54) is 0 Å². The summed E-state index contributed by atoms with van der Waals surface area (Å²) in [5.41, 5.74) is 6.61. The van der Waals surface area contributed by atoms with Crippen molar-refractivity contribution in [2.45, 2.75) is 19.6 Å². The van der Waals surface area contributed by atoms with Gasteiger partial charge in [-0.25, -0.2) is 0 Å². The molecule has 0 aliphatic carbocycles. The maximum atomic E-state index is 5.67. The average molecular weight is 335 g/mol. The summed E-state index contributed by atoms with van der Waals surface area (Å²) < 4.78 is 7.46. The normalized spacial score (nSPS) is 12.3. The van der Waals surface area contributed by atoms with Crippen LogP contribution in [0.4, 0.5) is 0 Å². The van der Waals surface area contributed by atoms with E-state index in [4.69, 9.17) is 10.5 Å². The van der Waals surface area contributed by atoms with Crippen LogP contribution in [0, 0.1) is 0 Å². The molecule has 82 valence electrons. The van der Waals surface area contributed by atoms with Crippen molar-refractivity contribution in [1.29, 1.82) is 0 Å². The number of ether oxygens (including phenoxy) is 1. The van der Waals surface area contributed by atoms with Gasteiger partial charge in [0.05, 0.1) is 8.95 Å². The van der Waals surface area contributed by atoms with E-state index in [0.717, 1.165) is 20.3 Å². The summed E-state index contributed by atoms with van der Waals surface area (Å²) >= 11 is 6.90. The van der Waals surface area contributed by atoms with E-state index in [2.05, 4.69) is 38.4 Å². The predicted molar refractivity (Wildman–Crippen MR) is 70.0 cm³/mol. The molecular formula is C11H13Br2NO. The lowest BCUT2D eigenvalue weighted by Gasteiger charge is -2.14. The molecule has 0 amide bonds. The largest absolute Gasteiger partial charge is 0.484 e. The van der Waals surface area contributed by atoms with Crippen LogP contribution in [0.2, 0.25) is 0 Å². The number of nitrogens with two attached hydrogens (primary N) is 1. The molecule has 0 aliphatic heterocycles. The Morgan fingerprint density at radius 3 is 2.40 bits per heavy atom. The van der Waals surface area contributed by atoms with Gasteiger partial charge < -0.3 is 10.5 Å². The number of hydrogen-bond donors (Lipinski definition) is 1. The van der Waals surface area contributed by atoms with Crippen molar-refractivity contribution in [1.82, 2.24) is 0 Å². The van der Waals surface area contributed by atoms with Gasteiger partial charge in [-0.05, 0) is 56.5 Å². The maximum Gasteiger partial charge on any atom is 0.148 e. The molecule has 1 atom stereocenters. The Morgan fingerprint density at radius 2 is 2.00 bits per heavy atom. The van der Waals surface area contributed by atoms with Crippen molar-refractivity contribution in [3.05, 3.63) is 39.3 Å². The Kier molecular flexibility index (Phi) is 4.83. The molecule has 0 saturated carbocycles. The fraction of sp³-hybridized carbons (Fsp3) is 0.273. The molecule has 2 nitrogen and oxygen atoms in total. The van der Waals surface area contributed by atoms with Gasteiger partial charge in [-0.3, -0.25) is 0 Å². The summed E-state index contributed by atoms with van der Waals surface area (Å²) in [6.07, 6.45) is 1.72. The van der Waals surface area contributed by atoms with Gasteiger partial charge >= 0.3 is 0 Å². The van der Waals surface area contributed by atoms with Gasteiger partial charge in [0.1, 0.15) is 11.9 Å². The quantitative estimate of drug-likeness (QED) is 0.853. The van der Waals surface area contributed by atoms with Gasteiger partial charge in [-0.15, -0.1) is 0 Å². The lowest BCUT2D eigenvalue weighted by molar-refractivity contribution is 0.266. The first-order chi connectivity index (χ1) is 7.08. The van der Waals surface area contributed by atoms with Crippen LogP contribution >= 0.6 is 31.9 Å². The number of benzene rings is 1. The van der Waals surface area contributed by atoms with Gasteiger partial charge in [0.2, 0.25) is 0 Å². The van der Waals surface area contributed by atoms with E-state index < -0.39 is 0 Å². The SMILES string of the molecule is C=CC(C)Oc1c(Br)cc(CN)cc1Br. The molecule has 0 saturated heterocycles. The first kappa shape index (κ1) is 12.7. The van der Waals surface area contributed by atoms with Gasteiger partial charge in [0, 0.05) is 6.54 Å². The van der Waals surface area contributed by atoms with Crippen LogP contribution in [0.15, 0.2) is 33.7 Å². The van der Waals surface area contributed by atoms with Crippen molar-refractivity contribution in [3.8, 4) is 5.75 Å². The summed E-state index contributed by atoms with van der Waals surface area (Å²) in [7, 11) is 0. The Bertz CT molecular complexity index is 343. The predicted octanol–water partition coefficient (Wildman–Crippen LogP) is 3.62. The molecule has 15 heavy (non-hydrogen) atoms. The highest BCUT2D eigenvalue weighted by molar-refractivity contribution is 9.11. The Labute approximate surface area is 107 Å².